The predicted octanol–water partition coefficient (Wildman–Crippen LogP) is 4.42. The van der Waals surface area contributed by atoms with Crippen molar-refractivity contribution >= 4 is 16.9 Å². The highest BCUT2D eigenvalue weighted by atomic mass is 32.2. The second-order valence-corrected chi connectivity index (χ2v) is 5.89. The van der Waals surface area contributed by atoms with Gasteiger partial charge in [0, 0.05) is 12.2 Å². The zero-order valence-corrected chi connectivity index (χ0v) is 11.0. The molecule has 2 heteroatoms. The zero-order chi connectivity index (χ0) is 11.9. The molecule has 1 nitrogen and oxygen atoms in total. The van der Waals surface area contributed by atoms with Crippen LogP contribution in [0, 0.1) is 5.92 Å². The maximum atomic E-state index is 11.8. The molecule has 2 rings (SSSR count). The minimum atomic E-state index is 0.376. The number of benzene rings is 1. The average Bonchev–Trinajstić information content (AvgIpc) is 2.39. The summed E-state index contributed by atoms with van der Waals surface area (Å²) in [4.78, 5) is 11.8. The fourth-order valence-electron chi connectivity index (χ4n) is 2.42. The van der Waals surface area contributed by atoms with Crippen molar-refractivity contribution in [2.24, 2.45) is 5.92 Å². The lowest BCUT2D eigenvalue weighted by molar-refractivity contribution is -0.112. The maximum absolute atomic E-state index is 11.8. The Morgan fingerprint density at radius 3 is 2.53 bits per heavy atom. The molecular weight excluding hydrogens is 228 g/mol. The molecular formula is C15H20OS. The molecule has 0 amide bonds. The van der Waals surface area contributed by atoms with Gasteiger partial charge in [-0.25, -0.2) is 0 Å². The van der Waals surface area contributed by atoms with E-state index in [2.05, 4.69) is 12.1 Å². The smallest absolute Gasteiger partial charge is 0.189 e. The highest BCUT2D eigenvalue weighted by molar-refractivity contribution is 8.12. The van der Waals surface area contributed by atoms with Crippen molar-refractivity contribution < 1.29 is 4.79 Å². The molecule has 1 aromatic rings. The van der Waals surface area contributed by atoms with Crippen molar-refractivity contribution in [3.63, 3.8) is 0 Å². The van der Waals surface area contributed by atoms with Gasteiger partial charge in [-0.05, 0) is 24.3 Å². The van der Waals surface area contributed by atoms with E-state index in [0.717, 1.165) is 12.2 Å². The molecule has 1 saturated carbocycles. The number of hydrogen-bond acceptors (Lipinski definition) is 2. The first kappa shape index (κ1) is 12.7. The van der Waals surface area contributed by atoms with Gasteiger partial charge in [0.25, 0.3) is 0 Å². The van der Waals surface area contributed by atoms with Crippen LogP contribution < -0.4 is 0 Å². The van der Waals surface area contributed by atoms with E-state index in [1.165, 1.54) is 49.4 Å². The van der Waals surface area contributed by atoms with E-state index in [9.17, 15) is 4.79 Å². The summed E-state index contributed by atoms with van der Waals surface area (Å²) in [5.41, 5.74) is 1.24. The van der Waals surface area contributed by atoms with Crippen molar-refractivity contribution in [2.75, 3.05) is 0 Å². The Labute approximate surface area is 108 Å². The highest BCUT2D eigenvalue weighted by Gasteiger charge is 2.17. The van der Waals surface area contributed by atoms with Crippen molar-refractivity contribution in [1.82, 2.24) is 0 Å². The molecule has 0 heterocycles. The molecule has 0 aromatic heterocycles. The Kier molecular flexibility index (Phi) is 5.11. The lowest BCUT2D eigenvalue weighted by atomic mass is 9.87. The third-order valence-electron chi connectivity index (χ3n) is 3.42. The Morgan fingerprint density at radius 2 is 1.82 bits per heavy atom. The number of carbonyl (C=O) groups is 1. The maximum Gasteiger partial charge on any atom is 0.189 e. The van der Waals surface area contributed by atoms with Crippen LogP contribution in [0.2, 0.25) is 0 Å². The van der Waals surface area contributed by atoms with Crippen LogP contribution in [0.4, 0.5) is 0 Å². The van der Waals surface area contributed by atoms with Crippen molar-refractivity contribution in [2.45, 2.75) is 44.3 Å². The molecule has 0 aliphatic heterocycles. The molecule has 1 aromatic carbocycles. The van der Waals surface area contributed by atoms with Crippen LogP contribution in [0.3, 0.4) is 0 Å². The molecule has 0 atom stereocenters. The van der Waals surface area contributed by atoms with Crippen LogP contribution in [0.1, 0.15) is 44.1 Å². The van der Waals surface area contributed by atoms with E-state index >= 15 is 0 Å². The predicted molar refractivity (Wildman–Crippen MR) is 73.9 cm³/mol. The summed E-state index contributed by atoms with van der Waals surface area (Å²) in [7, 11) is 0. The first-order valence-corrected chi connectivity index (χ1v) is 7.53. The lowest BCUT2D eigenvalue weighted by Gasteiger charge is -2.20. The van der Waals surface area contributed by atoms with Gasteiger partial charge in [-0.3, -0.25) is 4.79 Å². The number of hydrogen-bond donors (Lipinski definition) is 0. The topological polar surface area (TPSA) is 17.1 Å². The van der Waals surface area contributed by atoms with Gasteiger partial charge < -0.3 is 0 Å². The molecule has 0 spiro atoms. The first-order valence-electron chi connectivity index (χ1n) is 6.54. The number of thioether (sulfide) groups is 1. The van der Waals surface area contributed by atoms with Crippen LogP contribution in [-0.2, 0) is 10.5 Å². The first-order chi connectivity index (χ1) is 8.34. The molecule has 1 aliphatic carbocycles. The Bertz CT molecular complexity index is 341. The van der Waals surface area contributed by atoms with Crippen LogP contribution in [0.5, 0.6) is 0 Å². The van der Waals surface area contributed by atoms with Gasteiger partial charge in [-0.1, -0.05) is 61.4 Å². The number of rotatable bonds is 4. The summed E-state index contributed by atoms with van der Waals surface area (Å²) >= 11 is 1.48. The normalized spacial score (nSPS) is 16.9. The van der Waals surface area contributed by atoms with Crippen molar-refractivity contribution in [1.29, 1.82) is 0 Å². The third-order valence-corrected chi connectivity index (χ3v) is 4.39. The Morgan fingerprint density at radius 1 is 1.12 bits per heavy atom. The Hall–Kier alpha value is -0.760. The summed E-state index contributed by atoms with van der Waals surface area (Å²) in [6.07, 6.45) is 7.32. The van der Waals surface area contributed by atoms with Gasteiger partial charge >= 0.3 is 0 Å². The molecule has 1 fully saturated rings. The molecule has 92 valence electrons. The van der Waals surface area contributed by atoms with Crippen LogP contribution in [0.15, 0.2) is 30.3 Å². The summed E-state index contributed by atoms with van der Waals surface area (Å²) < 4.78 is 0. The van der Waals surface area contributed by atoms with Gasteiger partial charge in [0.1, 0.15) is 0 Å². The molecule has 0 unspecified atom stereocenters. The molecule has 0 N–H and O–H groups in total. The summed E-state index contributed by atoms with van der Waals surface area (Å²) in [5, 5.41) is 0.376. The highest BCUT2D eigenvalue weighted by Crippen LogP contribution is 2.28. The quantitative estimate of drug-likeness (QED) is 0.784. The molecule has 1 aliphatic rings. The zero-order valence-electron chi connectivity index (χ0n) is 10.2. The van der Waals surface area contributed by atoms with E-state index in [4.69, 9.17) is 0 Å². The SMILES string of the molecule is O=C(CC1CCCCC1)SCc1ccccc1. The largest absolute Gasteiger partial charge is 0.287 e. The van der Waals surface area contributed by atoms with Crippen LogP contribution in [0.25, 0.3) is 0 Å². The van der Waals surface area contributed by atoms with Gasteiger partial charge in [0.2, 0.25) is 0 Å². The second kappa shape index (κ2) is 6.85. The summed E-state index contributed by atoms with van der Waals surface area (Å²) in [6, 6.07) is 10.2. The van der Waals surface area contributed by atoms with E-state index in [1.807, 2.05) is 18.2 Å². The third kappa shape index (κ3) is 4.55. The van der Waals surface area contributed by atoms with Crippen molar-refractivity contribution in [3.05, 3.63) is 35.9 Å². The minimum absolute atomic E-state index is 0.376. The average molecular weight is 248 g/mol. The molecule has 0 saturated heterocycles. The standard InChI is InChI=1S/C15H20OS/c16-15(11-13-7-3-1-4-8-13)17-12-14-9-5-2-6-10-14/h2,5-6,9-10,13H,1,3-4,7-8,11-12H2. The summed E-state index contributed by atoms with van der Waals surface area (Å²) in [5.74, 6) is 1.49. The lowest BCUT2D eigenvalue weighted by Crippen LogP contribution is -2.10. The van der Waals surface area contributed by atoms with Gasteiger partial charge in [0.15, 0.2) is 5.12 Å². The van der Waals surface area contributed by atoms with E-state index in [-0.39, 0.29) is 0 Å². The second-order valence-electron chi connectivity index (χ2n) is 4.85. The Balaban J connectivity index is 1.70. The minimum Gasteiger partial charge on any atom is -0.287 e. The monoisotopic (exact) mass is 248 g/mol. The molecule has 0 bridgehead atoms. The fourth-order valence-corrected chi connectivity index (χ4v) is 3.30. The van der Waals surface area contributed by atoms with E-state index in [0.29, 0.717) is 11.0 Å². The molecule has 17 heavy (non-hydrogen) atoms. The van der Waals surface area contributed by atoms with Crippen LogP contribution >= 0.6 is 11.8 Å². The fraction of sp³-hybridized carbons (Fsp3) is 0.533. The van der Waals surface area contributed by atoms with E-state index < -0.39 is 0 Å². The van der Waals surface area contributed by atoms with Crippen molar-refractivity contribution in [3.8, 4) is 0 Å². The number of carbonyl (C=O) groups excluding carboxylic acids is 1. The molecule has 0 radical (unpaired) electrons. The van der Waals surface area contributed by atoms with Gasteiger partial charge in [0.05, 0.1) is 0 Å². The van der Waals surface area contributed by atoms with Gasteiger partial charge in [-0.15, -0.1) is 0 Å². The van der Waals surface area contributed by atoms with Crippen LogP contribution in [-0.4, -0.2) is 5.12 Å². The summed E-state index contributed by atoms with van der Waals surface area (Å²) in [6.45, 7) is 0. The van der Waals surface area contributed by atoms with Gasteiger partial charge in [-0.2, -0.15) is 0 Å². The van der Waals surface area contributed by atoms with E-state index in [1.54, 1.807) is 0 Å².